The second-order valence-electron chi connectivity index (χ2n) is 6.98. The van der Waals surface area contributed by atoms with Gasteiger partial charge in [0, 0.05) is 35.8 Å². The van der Waals surface area contributed by atoms with Gasteiger partial charge in [-0.25, -0.2) is 4.98 Å². The molecule has 1 aromatic heterocycles. The van der Waals surface area contributed by atoms with Crippen molar-refractivity contribution in [1.82, 2.24) is 4.98 Å². The number of aliphatic hydroxyl groups excluding tert-OH is 1. The number of alkyl halides is 3. The van der Waals surface area contributed by atoms with Gasteiger partial charge in [0.05, 0.1) is 6.61 Å². The lowest BCUT2D eigenvalue weighted by Crippen LogP contribution is -2.26. The molecule has 1 fully saturated rings. The average Bonchev–Trinajstić information content (AvgIpc) is 3.38. The Labute approximate surface area is 170 Å². The number of aromatic nitrogens is 1. The van der Waals surface area contributed by atoms with Crippen LogP contribution < -0.4 is 10.2 Å². The summed E-state index contributed by atoms with van der Waals surface area (Å²) in [5, 5.41) is 14.3. The van der Waals surface area contributed by atoms with Gasteiger partial charge in [-0.05, 0) is 29.7 Å². The lowest BCUT2D eigenvalue weighted by Gasteiger charge is -2.22. The Bertz CT molecular complexity index is 975. The maximum absolute atomic E-state index is 12.7. The van der Waals surface area contributed by atoms with E-state index in [4.69, 9.17) is 0 Å². The van der Waals surface area contributed by atoms with E-state index < -0.39 is 11.9 Å². The molecule has 2 heterocycles. The molecule has 1 saturated heterocycles. The molecule has 4 nitrogen and oxygen atoms in total. The second kappa shape index (κ2) is 8.04. The summed E-state index contributed by atoms with van der Waals surface area (Å²) in [5.74, 6) is 0. The van der Waals surface area contributed by atoms with Gasteiger partial charge in [0.25, 0.3) is 0 Å². The van der Waals surface area contributed by atoms with Crippen LogP contribution in [0.15, 0.2) is 53.9 Å². The van der Waals surface area contributed by atoms with E-state index in [-0.39, 0.29) is 17.8 Å². The van der Waals surface area contributed by atoms with Crippen molar-refractivity contribution >= 4 is 22.2 Å². The third kappa shape index (κ3) is 4.38. The van der Waals surface area contributed by atoms with Crippen LogP contribution in [0.25, 0.3) is 11.1 Å². The molecule has 8 heteroatoms. The SMILES string of the molecule is OCc1cc(-c2ccccc2)ccc1N1CCC(Nc2nc(C(F)(F)F)cs2)C1. The van der Waals surface area contributed by atoms with Crippen molar-refractivity contribution in [2.24, 2.45) is 0 Å². The summed E-state index contributed by atoms with van der Waals surface area (Å²) in [5.41, 5.74) is 3.04. The van der Waals surface area contributed by atoms with Crippen molar-refractivity contribution in [2.45, 2.75) is 25.2 Å². The van der Waals surface area contributed by atoms with E-state index in [1.54, 1.807) is 0 Å². The zero-order chi connectivity index (χ0) is 20.4. The van der Waals surface area contributed by atoms with E-state index in [0.29, 0.717) is 6.54 Å². The van der Waals surface area contributed by atoms with Gasteiger partial charge in [0.2, 0.25) is 0 Å². The number of benzene rings is 2. The lowest BCUT2D eigenvalue weighted by molar-refractivity contribution is -0.140. The quantitative estimate of drug-likeness (QED) is 0.610. The van der Waals surface area contributed by atoms with Gasteiger partial charge in [0.1, 0.15) is 0 Å². The van der Waals surface area contributed by atoms with Crippen LogP contribution in [0.2, 0.25) is 0 Å². The maximum atomic E-state index is 12.7. The molecule has 0 amide bonds. The fourth-order valence-electron chi connectivity index (χ4n) is 3.57. The Balaban J connectivity index is 1.46. The number of hydrogen-bond acceptors (Lipinski definition) is 5. The molecule has 0 radical (unpaired) electrons. The van der Waals surface area contributed by atoms with Crippen LogP contribution in [0.4, 0.5) is 24.0 Å². The molecule has 2 N–H and O–H groups in total. The monoisotopic (exact) mass is 419 g/mol. The predicted molar refractivity (Wildman–Crippen MR) is 109 cm³/mol. The van der Waals surface area contributed by atoms with Gasteiger partial charge >= 0.3 is 6.18 Å². The highest BCUT2D eigenvalue weighted by atomic mass is 32.1. The fourth-order valence-corrected chi connectivity index (χ4v) is 4.37. The number of anilines is 2. The number of thiazole rings is 1. The van der Waals surface area contributed by atoms with E-state index in [0.717, 1.165) is 52.1 Å². The van der Waals surface area contributed by atoms with E-state index in [1.807, 2.05) is 48.5 Å². The van der Waals surface area contributed by atoms with Gasteiger partial charge in [-0.2, -0.15) is 13.2 Å². The summed E-state index contributed by atoms with van der Waals surface area (Å²) in [6, 6.07) is 16.0. The van der Waals surface area contributed by atoms with Crippen molar-refractivity contribution in [2.75, 3.05) is 23.3 Å². The average molecular weight is 419 g/mol. The number of halogens is 3. The minimum Gasteiger partial charge on any atom is -0.392 e. The smallest absolute Gasteiger partial charge is 0.392 e. The number of hydrogen-bond donors (Lipinski definition) is 2. The van der Waals surface area contributed by atoms with Crippen molar-refractivity contribution in [3.63, 3.8) is 0 Å². The van der Waals surface area contributed by atoms with Gasteiger partial charge in [-0.15, -0.1) is 11.3 Å². The molecule has 1 aliphatic rings. The molecule has 4 rings (SSSR count). The molecule has 1 unspecified atom stereocenters. The normalized spacial score (nSPS) is 17.0. The third-order valence-corrected chi connectivity index (χ3v) is 5.78. The molecule has 3 aromatic rings. The molecule has 2 aromatic carbocycles. The molecule has 1 atom stereocenters. The van der Waals surface area contributed by atoms with E-state index in [2.05, 4.69) is 15.2 Å². The summed E-state index contributed by atoms with van der Waals surface area (Å²) in [7, 11) is 0. The second-order valence-corrected chi connectivity index (χ2v) is 7.84. The standard InChI is InChI=1S/C21H20F3N3OS/c22-21(23,24)19-13-29-20(26-19)25-17-8-9-27(11-17)18-7-6-15(10-16(18)12-28)14-4-2-1-3-5-14/h1-7,10,13,17,28H,8-9,11-12H2,(H,25,26). The van der Waals surface area contributed by atoms with Crippen molar-refractivity contribution < 1.29 is 18.3 Å². The Morgan fingerprint density at radius 1 is 1.14 bits per heavy atom. The molecule has 0 saturated carbocycles. The Morgan fingerprint density at radius 3 is 2.62 bits per heavy atom. The van der Waals surface area contributed by atoms with Crippen LogP contribution >= 0.6 is 11.3 Å². The van der Waals surface area contributed by atoms with Crippen LogP contribution in [0.3, 0.4) is 0 Å². The largest absolute Gasteiger partial charge is 0.434 e. The summed E-state index contributed by atoms with van der Waals surface area (Å²) in [6.07, 6.45) is -3.64. The van der Waals surface area contributed by atoms with Crippen LogP contribution in [0, 0.1) is 0 Å². The molecule has 1 aliphatic heterocycles. The first kappa shape index (κ1) is 19.7. The van der Waals surface area contributed by atoms with Gasteiger partial charge in [0.15, 0.2) is 10.8 Å². The first-order chi connectivity index (χ1) is 13.9. The fraction of sp³-hybridized carbons (Fsp3) is 0.286. The summed E-state index contributed by atoms with van der Waals surface area (Å²) < 4.78 is 38.2. The molecule has 0 aliphatic carbocycles. The van der Waals surface area contributed by atoms with Crippen molar-refractivity contribution in [3.8, 4) is 11.1 Å². The Hall–Kier alpha value is -2.58. The molecule has 0 bridgehead atoms. The van der Waals surface area contributed by atoms with Gasteiger partial charge < -0.3 is 15.3 Å². The highest BCUT2D eigenvalue weighted by Gasteiger charge is 2.34. The number of aliphatic hydroxyl groups is 1. The number of rotatable bonds is 5. The third-order valence-electron chi connectivity index (χ3n) is 5.01. The summed E-state index contributed by atoms with van der Waals surface area (Å²) in [6.45, 7) is 1.32. The van der Waals surface area contributed by atoms with Crippen molar-refractivity contribution in [3.05, 3.63) is 65.2 Å². The molecular weight excluding hydrogens is 399 g/mol. The number of nitrogens with zero attached hydrogens (tertiary/aromatic N) is 2. The molecule has 152 valence electrons. The summed E-state index contributed by atoms with van der Waals surface area (Å²) in [4.78, 5) is 5.79. The number of nitrogens with one attached hydrogen (secondary N) is 1. The molecule has 29 heavy (non-hydrogen) atoms. The molecular formula is C21H20F3N3OS. The lowest BCUT2D eigenvalue weighted by atomic mass is 10.0. The van der Waals surface area contributed by atoms with Gasteiger partial charge in [-0.3, -0.25) is 0 Å². The Kier molecular flexibility index (Phi) is 5.47. The highest BCUT2D eigenvalue weighted by molar-refractivity contribution is 7.13. The van der Waals surface area contributed by atoms with Crippen LogP contribution in [-0.2, 0) is 12.8 Å². The highest BCUT2D eigenvalue weighted by Crippen LogP contribution is 2.33. The van der Waals surface area contributed by atoms with E-state index in [9.17, 15) is 18.3 Å². The van der Waals surface area contributed by atoms with E-state index >= 15 is 0 Å². The predicted octanol–water partition coefficient (Wildman–Crippen LogP) is 5.01. The first-order valence-corrected chi connectivity index (χ1v) is 10.2. The minimum atomic E-state index is -4.42. The topological polar surface area (TPSA) is 48.4 Å². The summed E-state index contributed by atoms with van der Waals surface area (Å²) >= 11 is 0.967. The Morgan fingerprint density at radius 2 is 1.93 bits per heavy atom. The van der Waals surface area contributed by atoms with Crippen molar-refractivity contribution in [1.29, 1.82) is 0 Å². The van der Waals surface area contributed by atoms with Crippen LogP contribution in [0.5, 0.6) is 0 Å². The molecule has 0 spiro atoms. The van der Waals surface area contributed by atoms with Crippen LogP contribution in [-0.4, -0.2) is 29.2 Å². The zero-order valence-electron chi connectivity index (χ0n) is 15.5. The van der Waals surface area contributed by atoms with Crippen LogP contribution in [0.1, 0.15) is 17.7 Å². The van der Waals surface area contributed by atoms with Gasteiger partial charge in [-0.1, -0.05) is 36.4 Å². The van der Waals surface area contributed by atoms with E-state index in [1.165, 1.54) is 0 Å². The zero-order valence-corrected chi connectivity index (χ0v) is 16.3. The first-order valence-electron chi connectivity index (χ1n) is 9.27. The minimum absolute atomic E-state index is 0.00239. The maximum Gasteiger partial charge on any atom is 0.434 e.